The quantitative estimate of drug-likeness (QED) is 0.316. The highest BCUT2D eigenvalue weighted by Crippen LogP contribution is 2.65. The molecule has 0 aromatic rings. The van der Waals surface area contributed by atoms with Crippen LogP contribution in [0.5, 0.6) is 0 Å². The Labute approximate surface area is 119 Å². The molecule has 4 unspecified atom stereocenters. The molecule has 20 heavy (non-hydrogen) atoms. The van der Waals surface area contributed by atoms with E-state index in [0.717, 1.165) is 36.5 Å². The van der Waals surface area contributed by atoms with Gasteiger partial charge in [-0.3, -0.25) is 4.79 Å². The first kappa shape index (κ1) is 12.5. The Morgan fingerprint density at radius 3 is 2.35 bits per heavy atom. The zero-order valence-corrected chi connectivity index (χ0v) is 11.7. The molecule has 4 aliphatic carbocycles. The molecule has 4 atom stereocenters. The van der Waals surface area contributed by atoms with Gasteiger partial charge >= 0.3 is 0 Å². The van der Waals surface area contributed by atoms with Gasteiger partial charge in [-0.15, -0.1) is 0 Å². The van der Waals surface area contributed by atoms with Gasteiger partial charge < -0.3 is 16.3 Å². The summed E-state index contributed by atoms with van der Waals surface area (Å²) in [5.41, 5.74) is 5.09. The predicted octanol–water partition coefficient (Wildman–Crippen LogP) is 1.45. The van der Waals surface area contributed by atoms with Crippen LogP contribution >= 0.6 is 0 Å². The van der Waals surface area contributed by atoms with Crippen molar-refractivity contribution in [1.82, 2.24) is 5.32 Å². The number of amides is 1. The van der Waals surface area contributed by atoms with Crippen LogP contribution in [0.3, 0.4) is 0 Å². The van der Waals surface area contributed by atoms with Crippen LogP contribution in [0, 0.1) is 29.1 Å². The number of rotatable bonds is 3. The smallest absolute Gasteiger partial charge is 0.234 e. The van der Waals surface area contributed by atoms with Gasteiger partial charge in [0.2, 0.25) is 5.91 Å². The number of carbonyl (C=O) groups excluding carboxylic acids is 1. The highest BCUT2D eigenvalue weighted by atomic mass is 16.4. The standard InChI is InChI=1S/C15H23N3O2/c16-13(18-20)15(5-1-2-6-15)14(19)17-12-10-8-3-4-9(7-8)11(10)12/h8-12,20H,1-7H2,(H2,16,18)(H,17,19). The highest BCUT2D eigenvalue weighted by molar-refractivity contribution is 6.07. The average Bonchev–Trinajstić information content (AvgIpc) is 2.92. The number of nitrogens with one attached hydrogen (secondary N) is 1. The fourth-order valence-electron chi connectivity index (χ4n) is 5.48. The van der Waals surface area contributed by atoms with Gasteiger partial charge in [0.25, 0.3) is 0 Å². The monoisotopic (exact) mass is 277 g/mol. The van der Waals surface area contributed by atoms with E-state index in [-0.39, 0.29) is 11.7 Å². The summed E-state index contributed by atoms with van der Waals surface area (Å²) >= 11 is 0. The molecule has 4 N–H and O–H groups in total. The summed E-state index contributed by atoms with van der Waals surface area (Å²) in [5, 5.41) is 15.4. The van der Waals surface area contributed by atoms with Crippen LogP contribution in [0.25, 0.3) is 0 Å². The molecule has 0 aromatic carbocycles. The fraction of sp³-hybridized carbons (Fsp3) is 0.867. The van der Waals surface area contributed by atoms with Gasteiger partial charge in [0.15, 0.2) is 5.84 Å². The second kappa shape index (κ2) is 4.12. The van der Waals surface area contributed by atoms with Crippen LogP contribution in [0.1, 0.15) is 44.9 Å². The zero-order valence-electron chi connectivity index (χ0n) is 11.7. The Morgan fingerprint density at radius 1 is 1.20 bits per heavy atom. The molecule has 4 aliphatic rings. The molecule has 0 aliphatic heterocycles. The van der Waals surface area contributed by atoms with Gasteiger partial charge in [0, 0.05) is 6.04 Å². The molecule has 0 heterocycles. The van der Waals surface area contributed by atoms with E-state index in [1.54, 1.807) is 0 Å². The van der Waals surface area contributed by atoms with Crippen molar-refractivity contribution in [3.63, 3.8) is 0 Å². The second-order valence-electron chi connectivity index (χ2n) is 7.26. The lowest BCUT2D eigenvalue weighted by atomic mass is 9.83. The van der Waals surface area contributed by atoms with Gasteiger partial charge in [-0.1, -0.05) is 18.0 Å². The molecule has 0 saturated heterocycles. The summed E-state index contributed by atoms with van der Waals surface area (Å²) in [4.78, 5) is 12.7. The minimum Gasteiger partial charge on any atom is -0.409 e. The second-order valence-corrected chi connectivity index (χ2v) is 7.26. The lowest BCUT2D eigenvalue weighted by Gasteiger charge is -2.26. The van der Waals surface area contributed by atoms with Crippen LogP contribution in [0.4, 0.5) is 0 Å². The van der Waals surface area contributed by atoms with Crippen molar-refractivity contribution in [2.75, 3.05) is 0 Å². The summed E-state index contributed by atoms with van der Waals surface area (Å²) in [7, 11) is 0. The minimum absolute atomic E-state index is 0.00380. The van der Waals surface area contributed by atoms with Crippen LogP contribution in [0.2, 0.25) is 0 Å². The van der Waals surface area contributed by atoms with Crippen molar-refractivity contribution < 1.29 is 10.0 Å². The van der Waals surface area contributed by atoms with E-state index in [0.29, 0.717) is 18.9 Å². The third-order valence-corrected chi connectivity index (χ3v) is 6.52. The molecule has 110 valence electrons. The average molecular weight is 277 g/mol. The fourth-order valence-corrected chi connectivity index (χ4v) is 5.48. The van der Waals surface area contributed by atoms with Gasteiger partial charge in [-0.25, -0.2) is 0 Å². The number of nitrogens with zero attached hydrogens (tertiary/aromatic N) is 1. The maximum atomic E-state index is 12.7. The van der Waals surface area contributed by atoms with Crippen molar-refractivity contribution in [2.45, 2.75) is 51.0 Å². The predicted molar refractivity (Wildman–Crippen MR) is 74.1 cm³/mol. The molecule has 1 amide bonds. The third-order valence-electron chi connectivity index (χ3n) is 6.52. The number of hydrogen-bond acceptors (Lipinski definition) is 3. The van der Waals surface area contributed by atoms with Crippen molar-refractivity contribution in [1.29, 1.82) is 0 Å². The molecule has 4 rings (SSSR count). The van der Waals surface area contributed by atoms with E-state index in [2.05, 4.69) is 10.5 Å². The SMILES string of the molecule is NC(=NO)C1(C(=O)NC2C3C4CCC(C4)C23)CCCC1. The van der Waals surface area contributed by atoms with E-state index in [1.807, 2.05) is 0 Å². The molecule has 4 fully saturated rings. The van der Waals surface area contributed by atoms with Crippen LogP contribution in [-0.2, 0) is 4.79 Å². The zero-order chi connectivity index (χ0) is 13.9. The van der Waals surface area contributed by atoms with E-state index in [1.165, 1.54) is 19.3 Å². The van der Waals surface area contributed by atoms with Crippen molar-refractivity contribution in [3.05, 3.63) is 0 Å². The summed E-state index contributed by atoms with van der Waals surface area (Å²) < 4.78 is 0. The lowest BCUT2D eigenvalue weighted by Crippen LogP contribution is -2.49. The number of carbonyl (C=O) groups is 1. The molecular weight excluding hydrogens is 254 g/mol. The Balaban J connectivity index is 1.48. The summed E-state index contributed by atoms with van der Waals surface area (Å²) in [6.45, 7) is 0. The van der Waals surface area contributed by atoms with Crippen LogP contribution in [-0.4, -0.2) is 23.0 Å². The molecule has 4 saturated carbocycles. The van der Waals surface area contributed by atoms with Gasteiger partial charge in [0.1, 0.15) is 5.41 Å². The molecule has 5 heteroatoms. The van der Waals surface area contributed by atoms with E-state index >= 15 is 0 Å². The van der Waals surface area contributed by atoms with Crippen LogP contribution < -0.4 is 11.1 Å². The minimum atomic E-state index is -0.745. The topological polar surface area (TPSA) is 87.7 Å². The highest BCUT2D eigenvalue weighted by Gasteiger charge is 2.66. The Kier molecular flexibility index (Phi) is 2.57. The van der Waals surface area contributed by atoms with Crippen molar-refractivity contribution in [2.24, 2.45) is 40.0 Å². The summed E-state index contributed by atoms with van der Waals surface area (Å²) in [6.07, 6.45) is 7.46. The number of hydrogen-bond donors (Lipinski definition) is 3. The van der Waals surface area contributed by atoms with Crippen LogP contribution in [0.15, 0.2) is 5.16 Å². The first-order valence-electron chi connectivity index (χ1n) is 7.96. The molecule has 2 bridgehead atoms. The van der Waals surface area contributed by atoms with E-state index < -0.39 is 5.41 Å². The number of nitrogens with two attached hydrogens (primary N) is 1. The first-order valence-corrected chi connectivity index (χ1v) is 7.96. The van der Waals surface area contributed by atoms with Gasteiger partial charge in [0.05, 0.1) is 0 Å². The van der Waals surface area contributed by atoms with E-state index in [4.69, 9.17) is 10.9 Å². The summed E-state index contributed by atoms with van der Waals surface area (Å²) in [5.74, 6) is 3.25. The van der Waals surface area contributed by atoms with Crippen molar-refractivity contribution >= 4 is 11.7 Å². The maximum absolute atomic E-state index is 12.7. The first-order chi connectivity index (χ1) is 9.67. The third kappa shape index (κ3) is 1.49. The summed E-state index contributed by atoms with van der Waals surface area (Å²) in [6, 6.07) is 0.373. The van der Waals surface area contributed by atoms with Crippen molar-refractivity contribution in [3.8, 4) is 0 Å². The maximum Gasteiger partial charge on any atom is 0.234 e. The molecule has 0 aromatic heterocycles. The van der Waals surface area contributed by atoms with Gasteiger partial charge in [-0.05, 0) is 55.8 Å². The Bertz CT molecular complexity index is 454. The molecule has 0 spiro atoms. The number of fused-ring (bicyclic) bond motifs is 5. The molecular formula is C15H23N3O2. The number of oxime groups is 1. The molecule has 5 nitrogen and oxygen atoms in total. The van der Waals surface area contributed by atoms with E-state index in [9.17, 15) is 4.79 Å². The normalized spacial score (nSPS) is 44.4. The molecule has 0 radical (unpaired) electrons. The van der Waals surface area contributed by atoms with Gasteiger partial charge in [-0.2, -0.15) is 0 Å². The Morgan fingerprint density at radius 2 is 1.80 bits per heavy atom. The number of amidine groups is 1. The Hall–Kier alpha value is -1.26. The lowest BCUT2D eigenvalue weighted by molar-refractivity contribution is -0.127. The largest absolute Gasteiger partial charge is 0.409 e.